The number of benzene rings is 1. The first-order valence-corrected chi connectivity index (χ1v) is 8.89. The van der Waals surface area contributed by atoms with E-state index in [0.717, 1.165) is 6.42 Å². The van der Waals surface area contributed by atoms with Crippen LogP contribution in [0.2, 0.25) is 0 Å². The number of ether oxygens (including phenoxy) is 2. The van der Waals surface area contributed by atoms with Crippen LogP contribution in [0.1, 0.15) is 19.8 Å². The molecule has 0 spiro atoms. The summed E-state index contributed by atoms with van der Waals surface area (Å²) in [5.41, 5.74) is 1.52. The van der Waals surface area contributed by atoms with Crippen LogP contribution in [0.3, 0.4) is 0 Å². The van der Waals surface area contributed by atoms with E-state index in [9.17, 15) is 9.59 Å². The molecule has 1 aromatic rings. The molecule has 3 rings (SSSR count). The van der Waals surface area contributed by atoms with Gasteiger partial charge in [0.1, 0.15) is 13.2 Å². The van der Waals surface area contributed by atoms with Crippen molar-refractivity contribution in [2.24, 2.45) is 0 Å². The molecule has 0 bridgehead atoms. The fourth-order valence-electron chi connectivity index (χ4n) is 2.93. The standard InChI is InChI=1S/C20H23N3O4/c1-3-4-6-16(23-10-5-7-19(23)24)14(2)21-20(25)22-15-8-9-17-18(13-15)27-12-11-26-17/h3-4,6,8-9,13H,2,5,7,10-12H2,1H3,(H2,21,22,25)/b4-3-,16-6+. The van der Waals surface area contributed by atoms with Gasteiger partial charge in [0.2, 0.25) is 5.91 Å². The second kappa shape index (κ2) is 8.44. The van der Waals surface area contributed by atoms with Gasteiger partial charge in [-0.1, -0.05) is 18.7 Å². The van der Waals surface area contributed by atoms with E-state index in [2.05, 4.69) is 17.2 Å². The van der Waals surface area contributed by atoms with Crippen molar-refractivity contribution in [1.29, 1.82) is 0 Å². The van der Waals surface area contributed by atoms with Crippen LogP contribution in [0.15, 0.2) is 54.4 Å². The van der Waals surface area contributed by atoms with Gasteiger partial charge in [0.25, 0.3) is 0 Å². The minimum atomic E-state index is -0.449. The van der Waals surface area contributed by atoms with Crippen LogP contribution in [0.5, 0.6) is 11.5 Å². The number of nitrogens with one attached hydrogen (secondary N) is 2. The third-order valence-corrected chi connectivity index (χ3v) is 4.18. The lowest BCUT2D eigenvalue weighted by Gasteiger charge is -2.22. The Morgan fingerprint density at radius 1 is 1.26 bits per heavy atom. The number of fused-ring (bicyclic) bond motifs is 1. The van der Waals surface area contributed by atoms with Gasteiger partial charge >= 0.3 is 6.03 Å². The summed E-state index contributed by atoms with van der Waals surface area (Å²) in [7, 11) is 0. The number of carbonyl (C=O) groups is 2. The quantitative estimate of drug-likeness (QED) is 0.782. The van der Waals surface area contributed by atoms with E-state index in [1.807, 2.05) is 19.1 Å². The van der Waals surface area contributed by atoms with E-state index in [4.69, 9.17) is 9.47 Å². The van der Waals surface area contributed by atoms with Gasteiger partial charge in [-0.05, 0) is 31.6 Å². The van der Waals surface area contributed by atoms with E-state index in [-0.39, 0.29) is 5.91 Å². The number of hydrogen-bond acceptors (Lipinski definition) is 4. The highest BCUT2D eigenvalue weighted by Gasteiger charge is 2.25. The van der Waals surface area contributed by atoms with Crippen LogP contribution in [0.25, 0.3) is 0 Å². The smallest absolute Gasteiger partial charge is 0.323 e. The topological polar surface area (TPSA) is 79.9 Å². The minimum Gasteiger partial charge on any atom is -0.486 e. The molecule has 1 fully saturated rings. The summed E-state index contributed by atoms with van der Waals surface area (Å²) in [5.74, 6) is 1.27. The van der Waals surface area contributed by atoms with Gasteiger partial charge in [-0.25, -0.2) is 4.79 Å². The van der Waals surface area contributed by atoms with Gasteiger partial charge in [0.05, 0.1) is 11.4 Å². The molecule has 0 aliphatic carbocycles. The number of urea groups is 1. The van der Waals surface area contributed by atoms with Crippen LogP contribution in [-0.4, -0.2) is 36.6 Å². The maximum absolute atomic E-state index is 12.4. The Morgan fingerprint density at radius 3 is 2.74 bits per heavy atom. The summed E-state index contributed by atoms with van der Waals surface area (Å²) in [4.78, 5) is 26.1. The molecule has 2 N–H and O–H groups in total. The molecule has 0 radical (unpaired) electrons. The summed E-state index contributed by atoms with van der Waals surface area (Å²) in [5, 5.41) is 5.44. The summed E-state index contributed by atoms with van der Waals surface area (Å²) in [6, 6.07) is 4.74. The van der Waals surface area contributed by atoms with E-state index < -0.39 is 6.03 Å². The molecule has 7 heteroatoms. The van der Waals surface area contributed by atoms with Crippen molar-refractivity contribution in [2.45, 2.75) is 19.8 Å². The Bertz CT molecular complexity index is 813. The molecule has 2 aliphatic heterocycles. The number of anilines is 1. The average Bonchev–Trinajstić information content (AvgIpc) is 3.07. The highest BCUT2D eigenvalue weighted by atomic mass is 16.6. The molecular formula is C20H23N3O4. The average molecular weight is 369 g/mol. The molecule has 0 aromatic heterocycles. The van der Waals surface area contributed by atoms with Gasteiger partial charge in [0, 0.05) is 24.7 Å². The van der Waals surface area contributed by atoms with Crippen LogP contribution in [-0.2, 0) is 4.79 Å². The van der Waals surface area contributed by atoms with E-state index >= 15 is 0 Å². The van der Waals surface area contributed by atoms with E-state index in [0.29, 0.717) is 54.8 Å². The number of hydrogen-bond donors (Lipinski definition) is 2. The van der Waals surface area contributed by atoms with Crippen molar-refractivity contribution < 1.29 is 19.1 Å². The van der Waals surface area contributed by atoms with Crippen molar-refractivity contribution in [3.05, 3.63) is 54.4 Å². The van der Waals surface area contributed by atoms with Gasteiger partial charge in [-0.3, -0.25) is 4.79 Å². The molecule has 0 atom stereocenters. The molecule has 0 saturated carbocycles. The van der Waals surface area contributed by atoms with Crippen molar-refractivity contribution in [3.8, 4) is 11.5 Å². The van der Waals surface area contributed by atoms with Crippen molar-refractivity contribution in [3.63, 3.8) is 0 Å². The molecule has 1 aromatic carbocycles. The van der Waals surface area contributed by atoms with Gasteiger partial charge in [-0.2, -0.15) is 0 Å². The third kappa shape index (κ3) is 4.49. The number of rotatable bonds is 5. The summed E-state index contributed by atoms with van der Waals surface area (Å²) in [6.07, 6.45) is 6.73. The predicted molar refractivity (Wildman–Crippen MR) is 103 cm³/mol. The second-order valence-electron chi connectivity index (χ2n) is 6.14. The normalized spacial score (nSPS) is 16.6. The second-order valence-corrected chi connectivity index (χ2v) is 6.14. The Labute approximate surface area is 158 Å². The Hall–Kier alpha value is -3.22. The number of allylic oxidation sites excluding steroid dienone is 3. The summed E-state index contributed by atoms with van der Waals surface area (Å²) in [6.45, 7) is 7.41. The van der Waals surface area contributed by atoms with Crippen molar-refractivity contribution >= 4 is 17.6 Å². The minimum absolute atomic E-state index is 0.0287. The lowest BCUT2D eigenvalue weighted by Crippen LogP contribution is -2.34. The maximum Gasteiger partial charge on any atom is 0.323 e. The third-order valence-electron chi connectivity index (χ3n) is 4.18. The molecule has 27 heavy (non-hydrogen) atoms. The number of amides is 3. The summed E-state index contributed by atoms with van der Waals surface area (Å²) >= 11 is 0. The van der Waals surface area contributed by atoms with Crippen LogP contribution in [0.4, 0.5) is 10.5 Å². The zero-order valence-corrected chi connectivity index (χ0v) is 15.3. The Morgan fingerprint density at radius 2 is 2.04 bits per heavy atom. The molecule has 7 nitrogen and oxygen atoms in total. The van der Waals surface area contributed by atoms with Gasteiger partial charge in [0.15, 0.2) is 11.5 Å². The van der Waals surface area contributed by atoms with E-state index in [1.54, 1.807) is 29.2 Å². The van der Waals surface area contributed by atoms with Crippen LogP contribution >= 0.6 is 0 Å². The fourth-order valence-corrected chi connectivity index (χ4v) is 2.93. The molecule has 142 valence electrons. The predicted octanol–water partition coefficient (Wildman–Crippen LogP) is 3.18. The first-order valence-electron chi connectivity index (χ1n) is 8.89. The molecule has 1 saturated heterocycles. The molecule has 2 heterocycles. The molecule has 0 unspecified atom stereocenters. The van der Waals surface area contributed by atoms with Crippen LogP contribution < -0.4 is 20.1 Å². The van der Waals surface area contributed by atoms with Crippen molar-refractivity contribution in [2.75, 3.05) is 25.1 Å². The number of nitrogens with zero attached hydrogens (tertiary/aromatic N) is 1. The largest absolute Gasteiger partial charge is 0.486 e. The van der Waals surface area contributed by atoms with Gasteiger partial charge < -0.3 is 25.0 Å². The highest BCUT2D eigenvalue weighted by molar-refractivity contribution is 5.91. The molecule has 2 aliphatic rings. The number of carbonyl (C=O) groups excluding carboxylic acids is 2. The zero-order chi connectivity index (χ0) is 19.2. The summed E-state index contributed by atoms with van der Waals surface area (Å²) < 4.78 is 11.0. The maximum atomic E-state index is 12.4. The first kappa shape index (κ1) is 18.6. The lowest BCUT2D eigenvalue weighted by molar-refractivity contribution is -0.125. The zero-order valence-electron chi connectivity index (χ0n) is 15.3. The lowest BCUT2D eigenvalue weighted by atomic mass is 10.2. The highest BCUT2D eigenvalue weighted by Crippen LogP contribution is 2.32. The molecule has 3 amide bonds. The Kier molecular flexibility index (Phi) is 5.80. The first-order chi connectivity index (χ1) is 13.1. The monoisotopic (exact) mass is 369 g/mol. The van der Waals surface area contributed by atoms with Crippen molar-refractivity contribution in [1.82, 2.24) is 10.2 Å². The fraction of sp³-hybridized carbons (Fsp3) is 0.300. The van der Waals surface area contributed by atoms with Gasteiger partial charge in [-0.15, -0.1) is 0 Å². The van der Waals surface area contributed by atoms with Crippen LogP contribution in [0, 0.1) is 0 Å². The number of likely N-dealkylation sites (tertiary alicyclic amines) is 1. The Balaban J connectivity index is 1.66. The molecular weight excluding hydrogens is 346 g/mol. The SMILES string of the molecule is C=C(NC(=O)Nc1ccc2c(c1)OCCO2)/C(=C\C=C/C)N1CCCC1=O. The van der Waals surface area contributed by atoms with E-state index in [1.165, 1.54) is 0 Å².